The maximum atomic E-state index is 10.7. The van der Waals surface area contributed by atoms with Crippen molar-refractivity contribution < 1.29 is 39.6 Å². The van der Waals surface area contributed by atoms with Crippen molar-refractivity contribution in [3.8, 4) is 0 Å². The van der Waals surface area contributed by atoms with E-state index in [4.69, 9.17) is 0 Å². The number of unbranched alkanes of at least 4 members (excludes halogenated alkanes) is 28. The van der Waals surface area contributed by atoms with Gasteiger partial charge in [-0.1, -0.05) is 261 Å². The number of carbonyl (C=O) groups is 4. The Hall–Kier alpha value is -1.32. The first kappa shape index (κ1) is 72.7. The molecule has 0 aliphatic heterocycles. The molecule has 0 fully saturated rings. The Morgan fingerprint density at radius 1 is 0.246 bits per heavy atom. The van der Waals surface area contributed by atoms with Crippen molar-refractivity contribution >= 4 is 47.8 Å². The molecular weight excluding hydrogens is 919 g/mol. The first-order valence-electron chi connectivity index (χ1n) is 27.7. The van der Waals surface area contributed by atoms with Gasteiger partial charge in [-0.3, -0.25) is 0 Å². The number of hydrogen-bond acceptors (Lipinski definition) is 8. The predicted molar refractivity (Wildman–Crippen MR) is 270 cm³/mol. The van der Waals surface area contributed by atoms with Crippen LogP contribution in [0.25, 0.3) is 0 Å². The zero-order valence-electron chi connectivity index (χ0n) is 44.4. The molecule has 0 saturated carbocycles. The minimum atomic E-state index is -0.870. The summed E-state index contributed by atoms with van der Waals surface area (Å²) < 4.78 is 0. The van der Waals surface area contributed by atoms with E-state index >= 15 is 0 Å². The summed E-state index contributed by atoms with van der Waals surface area (Å²) in [5.41, 5.74) is 0. The second-order valence-corrected chi connectivity index (χ2v) is 18.8. The molecule has 4 atom stereocenters. The first-order chi connectivity index (χ1) is 30.9. The molecule has 0 spiro atoms. The third-order valence-corrected chi connectivity index (χ3v) is 12.9. The third-order valence-electron chi connectivity index (χ3n) is 12.9. The quantitative estimate of drug-likeness (QED) is 0.0430. The van der Waals surface area contributed by atoms with Gasteiger partial charge in [-0.2, -0.15) is 0 Å². The van der Waals surface area contributed by atoms with E-state index in [1.165, 1.54) is 180 Å². The maximum absolute atomic E-state index is 10.7. The number of rotatable bonds is 44. The molecule has 0 amide bonds. The molecule has 0 aromatic heterocycles. The molecule has 0 bridgehead atoms. The molecule has 0 radical (unpaired) electrons. The zero-order chi connectivity index (χ0) is 48.9. The van der Waals surface area contributed by atoms with Gasteiger partial charge < -0.3 is 39.6 Å². The summed E-state index contributed by atoms with van der Waals surface area (Å²) in [5, 5.41) is 42.6. The van der Waals surface area contributed by atoms with Crippen LogP contribution in [0.15, 0.2) is 0 Å². The van der Waals surface area contributed by atoms with Gasteiger partial charge in [-0.25, -0.2) is 0 Å². The van der Waals surface area contributed by atoms with Gasteiger partial charge in [0.05, 0.1) is 0 Å². The van der Waals surface area contributed by atoms with Crippen LogP contribution in [0.2, 0.25) is 0 Å². The average Bonchev–Trinajstić information content (AvgIpc) is 3.27. The summed E-state index contributed by atoms with van der Waals surface area (Å²) in [5.74, 6) is -4.37. The maximum Gasteiger partial charge on any atom is 4.00 e. The van der Waals surface area contributed by atoms with Crippen LogP contribution in [0.3, 0.4) is 0 Å². The van der Waals surface area contributed by atoms with Gasteiger partial charge in [0.2, 0.25) is 0 Å². The van der Waals surface area contributed by atoms with Gasteiger partial charge in [0, 0.05) is 23.9 Å². The van der Waals surface area contributed by atoms with Crippen molar-refractivity contribution in [3.05, 3.63) is 0 Å². The largest absolute Gasteiger partial charge is 4.00 e. The summed E-state index contributed by atoms with van der Waals surface area (Å²) >= 11 is 0. The van der Waals surface area contributed by atoms with Crippen LogP contribution in [-0.4, -0.2) is 47.8 Å². The number of carboxylic acid groups (broad SMARTS) is 4. The Morgan fingerprint density at radius 3 is 0.477 bits per heavy atom. The van der Waals surface area contributed by atoms with Gasteiger partial charge in [-0.05, 0) is 75.0 Å². The monoisotopic (exact) mass is 1030 g/mol. The Bertz CT molecular complexity index is 824. The summed E-state index contributed by atoms with van der Waals surface area (Å²) in [7, 11) is 0. The molecule has 8 nitrogen and oxygen atoms in total. The average molecular weight is 1030 g/mol. The first-order valence-corrected chi connectivity index (χ1v) is 27.7. The van der Waals surface area contributed by atoms with E-state index < -0.39 is 23.9 Å². The second-order valence-electron chi connectivity index (χ2n) is 18.8. The molecule has 0 aliphatic rings. The second kappa shape index (κ2) is 60.7. The van der Waals surface area contributed by atoms with Crippen molar-refractivity contribution in [3.63, 3.8) is 0 Å². The molecule has 384 valence electrons. The fourth-order valence-electron chi connectivity index (χ4n) is 8.05. The molecule has 4 unspecified atom stereocenters. The number of hydrogen-bond donors (Lipinski definition) is 0. The predicted octanol–water partition coefficient (Wildman–Crippen LogP) is 12.8. The van der Waals surface area contributed by atoms with Crippen LogP contribution in [0.1, 0.15) is 312 Å². The number of carbonyl (C=O) groups excluding carboxylic acids is 4. The zero-order valence-corrected chi connectivity index (χ0v) is 47.2. The fourth-order valence-corrected chi connectivity index (χ4v) is 8.05. The summed E-state index contributed by atoms with van der Waals surface area (Å²) in [4.78, 5) is 42.6. The molecule has 0 rings (SSSR count). The minimum Gasteiger partial charge on any atom is -0.550 e. The van der Waals surface area contributed by atoms with Crippen molar-refractivity contribution in [2.24, 2.45) is 23.7 Å². The van der Waals surface area contributed by atoms with Crippen LogP contribution in [-0.2, 0) is 19.2 Å². The summed E-state index contributed by atoms with van der Waals surface area (Å²) in [6.07, 6.45) is 46.5. The van der Waals surface area contributed by atoms with E-state index in [1.54, 1.807) is 0 Å². The van der Waals surface area contributed by atoms with Crippen molar-refractivity contribution in [1.29, 1.82) is 0 Å². The van der Waals surface area contributed by atoms with E-state index in [9.17, 15) is 39.6 Å². The summed E-state index contributed by atoms with van der Waals surface area (Å²) in [6, 6.07) is 0. The van der Waals surface area contributed by atoms with Crippen molar-refractivity contribution in [2.45, 2.75) is 312 Å². The molecule has 0 saturated heterocycles. The Labute approximate surface area is 421 Å². The van der Waals surface area contributed by atoms with Gasteiger partial charge in [0.25, 0.3) is 0 Å². The Balaban J connectivity index is -0.000000245. The van der Waals surface area contributed by atoms with Gasteiger partial charge >= 0.3 is 23.9 Å². The minimum absolute atomic E-state index is 0. The van der Waals surface area contributed by atoms with Crippen molar-refractivity contribution in [1.82, 2.24) is 0 Å². The molecule has 65 heavy (non-hydrogen) atoms. The molecular formula is C56H108O8Sn. The Kier molecular flexibility index (Phi) is 67.8. The van der Waals surface area contributed by atoms with E-state index in [0.29, 0.717) is 25.7 Å². The van der Waals surface area contributed by atoms with Gasteiger partial charge in [0.1, 0.15) is 0 Å². The topological polar surface area (TPSA) is 161 Å². The third kappa shape index (κ3) is 58.7. The molecule has 0 aliphatic carbocycles. The fraction of sp³-hybridized carbons (Fsp3) is 0.929. The molecule has 9 heteroatoms. The number of carboxylic acids is 4. The van der Waals surface area contributed by atoms with E-state index in [2.05, 4.69) is 27.7 Å². The number of aliphatic carboxylic acids is 4. The normalized spacial score (nSPS) is 12.4. The summed E-state index contributed by atoms with van der Waals surface area (Å²) in [6.45, 7) is 16.6. The van der Waals surface area contributed by atoms with Crippen LogP contribution in [0, 0.1) is 23.7 Å². The van der Waals surface area contributed by atoms with Gasteiger partial charge in [-0.15, -0.1) is 0 Å². The molecule has 0 heterocycles. The van der Waals surface area contributed by atoms with Crippen LogP contribution < -0.4 is 20.4 Å². The molecule has 0 aromatic carbocycles. The standard InChI is InChI=1S/4C14H28O2.Sn/c4*1-3-5-6-7-8-9-10-11-12-13(4-2)14(15)16;/h4*13H,3-12H2,1-2H3,(H,15,16);/q;;;;+4/p-4. The van der Waals surface area contributed by atoms with E-state index in [-0.39, 0.29) is 47.6 Å². The smallest absolute Gasteiger partial charge is 0.550 e. The van der Waals surface area contributed by atoms with Crippen LogP contribution in [0.5, 0.6) is 0 Å². The van der Waals surface area contributed by atoms with Gasteiger partial charge in [0.15, 0.2) is 0 Å². The Morgan fingerprint density at radius 2 is 0.369 bits per heavy atom. The molecule has 0 aromatic rings. The van der Waals surface area contributed by atoms with Crippen molar-refractivity contribution in [2.75, 3.05) is 0 Å². The van der Waals surface area contributed by atoms with Crippen LogP contribution >= 0.6 is 0 Å². The van der Waals surface area contributed by atoms with E-state index in [1.807, 2.05) is 27.7 Å². The molecule has 0 N–H and O–H groups in total. The van der Waals surface area contributed by atoms with E-state index in [0.717, 1.165) is 51.4 Å². The SMILES string of the molecule is CCCCCCCCCCC(CC)C(=O)[O-].CCCCCCCCCCC(CC)C(=O)[O-].CCCCCCCCCCC(CC)C(=O)[O-].CCCCCCCCCCC(CC)C(=O)[O-].[Sn+4]. The van der Waals surface area contributed by atoms with Crippen LogP contribution in [0.4, 0.5) is 0 Å².